The third-order valence-corrected chi connectivity index (χ3v) is 9.19. The van der Waals surface area contributed by atoms with Gasteiger partial charge >= 0.3 is 6.18 Å². The molecule has 0 spiro atoms. The molecular weight excluding hydrogens is 623 g/mol. The SMILES string of the molecule is CC[C@H]1CN(C(=O)Cc2ccc(CN3CCN(C)CC3)c(C(F)(F)F)c2)Cc2cc(Oc3ccnc4[nH]c(C(=O)N(C)C)cc34)cnc21. The summed E-state index contributed by atoms with van der Waals surface area (Å²) in [6.07, 6.45) is -0.693. The van der Waals surface area contributed by atoms with Crippen molar-refractivity contribution in [3.8, 4) is 11.5 Å². The molecule has 1 saturated heterocycles. The molecule has 1 atom stereocenters. The van der Waals surface area contributed by atoms with Crippen molar-refractivity contribution in [1.29, 1.82) is 0 Å². The number of halogens is 3. The zero-order chi connectivity index (χ0) is 34.2. The summed E-state index contributed by atoms with van der Waals surface area (Å²) in [6, 6.07) is 9.56. The van der Waals surface area contributed by atoms with Crippen LogP contribution in [0.5, 0.6) is 11.5 Å². The minimum absolute atomic E-state index is 0.0274. The molecule has 0 saturated carbocycles. The van der Waals surface area contributed by atoms with Crippen LogP contribution in [0.3, 0.4) is 0 Å². The van der Waals surface area contributed by atoms with Crippen LogP contribution in [-0.4, -0.2) is 100 Å². The summed E-state index contributed by atoms with van der Waals surface area (Å²) >= 11 is 0. The summed E-state index contributed by atoms with van der Waals surface area (Å²) < 4.78 is 48.8. The first-order chi connectivity index (χ1) is 22.9. The Labute approximate surface area is 277 Å². The lowest BCUT2D eigenvalue weighted by atomic mass is 9.92. The van der Waals surface area contributed by atoms with Crippen molar-refractivity contribution in [2.24, 2.45) is 0 Å². The fourth-order valence-electron chi connectivity index (χ4n) is 6.43. The van der Waals surface area contributed by atoms with Crippen LogP contribution in [0.2, 0.25) is 0 Å². The lowest BCUT2D eigenvalue weighted by molar-refractivity contribution is -0.139. The van der Waals surface area contributed by atoms with Gasteiger partial charge in [-0.3, -0.25) is 19.5 Å². The third kappa shape index (κ3) is 7.16. The van der Waals surface area contributed by atoms with Crippen molar-refractivity contribution in [3.63, 3.8) is 0 Å². The van der Waals surface area contributed by atoms with Crippen LogP contribution >= 0.6 is 0 Å². The topological polar surface area (TPSA) is 97.9 Å². The van der Waals surface area contributed by atoms with Crippen LogP contribution in [0.4, 0.5) is 13.2 Å². The van der Waals surface area contributed by atoms with E-state index in [9.17, 15) is 22.8 Å². The molecular formula is C35H40F3N7O3. The molecule has 1 N–H and O–H groups in total. The van der Waals surface area contributed by atoms with Gasteiger partial charge in [0.1, 0.15) is 22.8 Å². The van der Waals surface area contributed by atoms with Crippen molar-refractivity contribution >= 4 is 22.8 Å². The van der Waals surface area contributed by atoms with Gasteiger partial charge in [0, 0.05) is 72.0 Å². The number of H-pyrrole nitrogens is 1. The molecule has 48 heavy (non-hydrogen) atoms. The van der Waals surface area contributed by atoms with Gasteiger partial charge in [0.2, 0.25) is 5.91 Å². The van der Waals surface area contributed by atoms with Crippen LogP contribution in [0.25, 0.3) is 11.0 Å². The smallest absolute Gasteiger partial charge is 0.416 e. The van der Waals surface area contributed by atoms with Crippen molar-refractivity contribution in [1.82, 2.24) is 34.6 Å². The molecule has 0 aliphatic carbocycles. The van der Waals surface area contributed by atoms with E-state index in [1.807, 2.05) is 24.9 Å². The molecule has 3 aromatic heterocycles. The first kappa shape index (κ1) is 33.4. The van der Waals surface area contributed by atoms with E-state index in [4.69, 9.17) is 9.72 Å². The molecule has 2 amide bonds. The highest BCUT2D eigenvalue weighted by atomic mass is 19.4. The number of pyridine rings is 2. The molecule has 10 nitrogen and oxygen atoms in total. The van der Waals surface area contributed by atoms with Gasteiger partial charge in [-0.1, -0.05) is 19.1 Å². The number of aromatic nitrogens is 3. The van der Waals surface area contributed by atoms with Crippen molar-refractivity contribution < 1.29 is 27.5 Å². The van der Waals surface area contributed by atoms with Gasteiger partial charge in [-0.05, 0) is 54.4 Å². The number of benzene rings is 1. The van der Waals surface area contributed by atoms with Crippen LogP contribution in [0.1, 0.15) is 57.7 Å². The molecule has 0 unspecified atom stereocenters. The fraction of sp³-hybridized carbons (Fsp3) is 0.429. The van der Waals surface area contributed by atoms with E-state index in [1.54, 1.807) is 49.6 Å². The molecule has 5 heterocycles. The zero-order valence-electron chi connectivity index (χ0n) is 27.6. The summed E-state index contributed by atoms with van der Waals surface area (Å²) in [4.78, 5) is 45.5. The maximum atomic E-state index is 14.2. The van der Waals surface area contributed by atoms with Gasteiger partial charge in [0.15, 0.2) is 0 Å². The van der Waals surface area contributed by atoms with Gasteiger partial charge in [-0.2, -0.15) is 13.2 Å². The molecule has 2 aliphatic rings. The summed E-state index contributed by atoms with van der Waals surface area (Å²) in [6.45, 7) is 5.99. The lowest BCUT2D eigenvalue weighted by Crippen LogP contribution is -2.44. The Hall–Kier alpha value is -4.49. The summed E-state index contributed by atoms with van der Waals surface area (Å²) in [7, 11) is 5.34. The number of carbonyl (C=O) groups is 2. The number of piperazine rings is 1. The minimum Gasteiger partial charge on any atom is -0.455 e. The second kappa shape index (κ2) is 13.6. The van der Waals surface area contributed by atoms with Gasteiger partial charge in [-0.15, -0.1) is 0 Å². The Morgan fingerprint density at radius 2 is 1.83 bits per heavy atom. The molecule has 13 heteroatoms. The number of carbonyl (C=O) groups excluding carboxylic acids is 2. The number of amides is 2. The molecule has 0 radical (unpaired) electrons. The molecule has 1 aromatic carbocycles. The van der Waals surface area contributed by atoms with Crippen molar-refractivity contribution in [2.75, 3.05) is 53.9 Å². The third-order valence-electron chi connectivity index (χ3n) is 9.19. The Morgan fingerprint density at radius 3 is 2.54 bits per heavy atom. The molecule has 254 valence electrons. The lowest BCUT2D eigenvalue weighted by Gasteiger charge is -2.34. The van der Waals surface area contributed by atoms with E-state index in [2.05, 4.69) is 14.9 Å². The quantitative estimate of drug-likeness (QED) is 0.274. The highest BCUT2D eigenvalue weighted by Crippen LogP contribution is 2.36. The first-order valence-electron chi connectivity index (χ1n) is 16.1. The molecule has 0 bridgehead atoms. The van der Waals surface area contributed by atoms with Gasteiger partial charge in [0.25, 0.3) is 5.91 Å². The number of nitrogens with zero attached hydrogens (tertiary/aromatic N) is 6. The second-order valence-corrected chi connectivity index (χ2v) is 12.9. The van der Waals surface area contributed by atoms with Gasteiger partial charge in [0.05, 0.1) is 29.3 Å². The van der Waals surface area contributed by atoms with Crippen molar-refractivity contribution in [2.45, 2.75) is 44.9 Å². The van der Waals surface area contributed by atoms with Crippen LogP contribution in [-0.2, 0) is 30.5 Å². The van der Waals surface area contributed by atoms with Crippen LogP contribution in [0, 0.1) is 0 Å². The summed E-state index contributed by atoms with van der Waals surface area (Å²) in [5, 5.41) is 0.636. The number of alkyl halides is 3. The largest absolute Gasteiger partial charge is 0.455 e. The highest BCUT2D eigenvalue weighted by molar-refractivity contribution is 5.98. The van der Waals surface area contributed by atoms with E-state index >= 15 is 0 Å². The van der Waals surface area contributed by atoms with E-state index in [0.717, 1.165) is 36.8 Å². The Bertz CT molecular complexity index is 1810. The van der Waals surface area contributed by atoms with Crippen LogP contribution < -0.4 is 4.74 Å². The molecule has 2 aliphatic heterocycles. The molecule has 1 fully saturated rings. The maximum absolute atomic E-state index is 14.2. The number of hydrogen-bond acceptors (Lipinski definition) is 7. The monoisotopic (exact) mass is 663 g/mol. The minimum atomic E-state index is -4.52. The molecule has 6 rings (SSSR count). The Kier molecular flexibility index (Phi) is 9.44. The summed E-state index contributed by atoms with van der Waals surface area (Å²) in [5.74, 6) is 0.481. The standard InChI is InChI=1S/C35H40F3N7O3/c1-5-23-20-45(31(46)15-22-6-7-24(28(14-22)35(36,37)38)19-44-12-10-43(4)11-13-44)21-25-16-26(18-40-32(23)25)48-30-8-9-39-33-27(30)17-29(41-33)34(47)42(2)3/h6-9,14,16-18,23H,5,10-13,15,19-21H2,1-4H3,(H,39,41)/t23-/m0/s1. The van der Waals surface area contributed by atoms with Crippen LogP contribution in [0.15, 0.2) is 48.8 Å². The summed E-state index contributed by atoms with van der Waals surface area (Å²) in [5.41, 5.74) is 2.47. The normalized spacial score (nSPS) is 17.4. The van der Waals surface area contributed by atoms with Gasteiger partial charge in [-0.25, -0.2) is 4.98 Å². The maximum Gasteiger partial charge on any atom is 0.416 e. The Morgan fingerprint density at radius 1 is 1.06 bits per heavy atom. The number of rotatable bonds is 8. The van der Waals surface area contributed by atoms with E-state index in [-0.39, 0.29) is 42.8 Å². The number of likely N-dealkylation sites (N-methyl/N-ethyl adjacent to an activating group) is 1. The second-order valence-electron chi connectivity index (χ2n) is 12.9. The highest BCUT2D eigenvalue weighted by Gasteiger charge is 2.35. The van der Waals surface area contributed by atoms with E-state index in [0.29, 0.717) is 53.4 Å². The van der Waals surface area contributed by atoms with Gasteiger partial charge < -0.3 is 24.4 Å². The number of fused-ring (bicyclic) bond motifs is 2. The van der Waals surface area contributed by atoms with E-state index in [1.165, 1.54) is 11.0 Å². The Balaban J connectivity index is 1.19. The number of ether oxygens (including phenoxy) is 1. The predicted octanol–water partition coefficient (Wildman–Crippen LogP) is 5.30. The van der Waals surface area contributed by atoms with E-state index < -0.39 is 11.7 Å². The fourth-order valence-corrected chi connectivity index (χ4v) is 6.43. The predicted molar refractivity (Wildman–Crippen MR) is 175 cm³/mol. The number of nitrogens with one attached hydrogen (secondary N) is 1. The van der Waals surface area contributed by atoms with Crippen molar-refractivity contribution in [3.05, 3.63) is 82.4 Å². The zero-order valence-corrected chi connectivity index (χ0v) is 27.6. The average molecular weight is 664 g/mol. The number of aromatic amines is 1. The average Bonchev–Trinajstić information content (AvgIpc) is 3.50. The number of hydrogen-bond donors (Lipinski definition) is 1. The molecule has 4 aromatic rings. The first-order valence-corrected chi connectivity index (χ1v) is 16.1.